The van der Waals surface area contributed by atoms with Crippen molar-refractivity contribution < 1.29 is 13.2 Å². The fraction of sp³-hybridized carbons (Fsp3) is 0.250. The molecule has 0 radical (unpaired) electrons. The average molecular weight is 385 g/mol. The van der Waals surface area contributed by atoms with Gasteiger partial charge in [-0.05, 0) is 37.6 Å². The Balaban J connectivity index is 1.55. The van der Waals surface area contributed by atoms with Gasteiger partial charge in [-0.2, -0.15) is 0 Å². The van der Waals surface area contributed by atoms with Gasteiger partial charge in [0.1, 0.15) is 11.6 Å². The lowest BCUT2D eigenvalue weighted by Crippen LogP contribution is -2.25. The monoisotopic (exact) mass is 385 g/mol. The van der Waals surface area contributed by atoms with E-state index in [2.05, 4.69) is 9.71 Å². The van der Waals surface area contributed by atoms with Crippen LogP contribution in [0.15, 0.2) is 71.9 Å². The predicted octanol–water partition coefficient (Wildman–Crippen LogP) is 3.32. The molecule has 0 atom stereocenters. The molecule has 0 fully saturated rings. The molecular weight excluding hydrogens is 362 g/mol. The van der Waals surface area contributed by atoms with E-state index in [4.69, 9.17) is 4.74 Å². The maximum atomic E-state index is 12.4. The second-order valence-corrected chi connectivity index (χ2v) is 7.73. The lowest BCUT2D eigenvalue weighted by molar-refractivity contribution is 0.340. The number of rotatable bonds is 9. The molecule has 0 spiro atoms. The highest BCUT2D eigenvalue weighted by Gasteiger charge is 2.13. The van der Waals surface area contributed by atoms with Gasteiger partial charge >= 0.3 is 0 Å². The van der Waals surface area contributed by atoms with Gasteiger partial charge in [-0.1, -0.05) is 30.3 Å². The molecule has 7 heteroatoms. The number of nitrogens with one attached hydrogen (secondary N) is 1. The Hall–Kier alpha value is -2.64. The van der Waals surface area contributed by atoms with Crippen molar-refractivity contribution in [2.45, 2.75) is 24.8 Å². The van der Waals surface area contributed by atoms with E-state index in [9.17, 15) is 8.42 Å². The zero-order chi connectivity index (χ0) is 19.1. The van der Waals surface area contributed by atoms with Crippen LogP contribution in [-0.2, 0) is 16.6 Å². The van der Waals surface area contributed by atoms with Gasteiger partial charge in [0, 0.05) is 31.0 Å². The number of benzene rings is 2. The van der Waals surface area contributed by atoms with Crippen molar-refractivity contribution in [2.75, 3.05) is 13.2 Å². The molecular formula is C20H23N3O3S. The highest BCUT2D eigenvalue weighted by Crippen LogP contribution is 2.18. The van der Waals surface area contributed by atoms with Crippen LogP contribution >= 0.6 is 0 Å². The van der Waals surface area contributed by atoms with Gasteiger partial charge < -0.3 is 9.30 Å². The Kier molecular flexibility index (Phi) is 6.26. The smallest absolute Gasteiger partial charge is 0.240 e. The minimum atomic E-state index is -3.53. The lowest BCUT2D eigenvalue weighted by atomic mass is 10.2. The van der Waals surface area contributed by atoms with Gasteiger partial charge in [0.2, 0.25) is 10.0 Å². The van der Waals surface area contributed by atoms with Crippen molar-refractivity contribution in [1.29, 1.82) is 0 Å². The number of ether oxygens (including phenoxy) is 1. The van der Waals surface area contributed by atoms with Gasteiger partial charge in [-0.3, -0.25) is 0 Å². The van der Waals surface area contributed by atoms with E-state index in [-0.39, 0.29) is 4.90 Å². The zero-order valence-electron chi connectivity index (χ0n) is 15.2. The maximum Gasteiger partial charge on any atom is 0.240 e. The summed E-state index contributed by atoms with van der Waals surface area (Å²) in [7, 11) is -3.53. The highest BCUT2D eigenvalue weighted by molar-refractivity contribution is 7.89. The summed E-state index contributed by atoms with van der Waals surface area (Å²) < 4.78 is 34.8. The second kappa shape index (κ2) is 8.83. The first kappa shape index (κ1) is 19.1. The van der Waals surface area contributed by atoms with Crippen LogP contribution in [0.1, 0.15) is 13.3 Å². The van der Waals surface area contributed by atoms with Crippen LogP contribution in [0.25, 0.3) is 11.4 Å². The van der Waals surface area contributed by atoms with Crippen LogP contribution in [0, 0.1) is 0 Å². The average Bonchev–Trinajstić information content (AvgIpc) is 3.15. The molecule has 2 aromatic carbocycles. The van der Waals surface area contributed by atoms with Crippen LogP contribution in [0.4, 0.5) is 0 Å². The van der Waals surface area contributed by atoms with Crippen LogP contribution in [0.3, 0.4) is 0 Å². The molecule has 0 saturated carbocycles. The number of imidazole rings is 1. The summed E-state index contributed by atoms with van der Waals surface area (Å²) in [4.78, 5) is 4.63. The molecule has 1 heterocycles. The summed E-state index contributed by atoms with van der Waals surface area (Å²) in [6.45, 7) is 3.46. The Labute approximate surface area is 159 Å². The van der Waals surface area contributed by atoms with E-state index in [0.717, 1.165) is 11.4 Å². The van der Waals surface area contributed by atoms with Crippen LogP contribution in [-0.4, -0.2) is 31.1 Å². The molecule has 0 bridgehead atoms. The van der Waals surface area contributed by atoms with Gasteiger partial charge in [-0.25, -0.2) is 18.1 Å². The highest BCUT2D eigenvalue weighted by atomic mass is 32.2. The molecule has 1 aromatic heterocycles. The number of hydrogen-bond donors (Lipinski definition) is 1. The molecule has 0 aliphatic heterocycles. The molecule has 1 N–H and O–H groups in total. The third kappa shape index (κ3) is 4.96. The molecule has 0 aliphatic carbocycles. The topological polar surface area (TPSA) is 73.2 Å². The van der Waals surface area contributed by atoms with Gasteiger partial charge in [-0.15, -0.1) is 0 Å². The summed E-state index contributed by atoms with van der Waals surface area (Å²) in [5, 5.41) is 0. The number of aryl methyl sites for hydroxylation is 1. The van der Waals surface area contributed by atoms with Crippen LogP contribution < -0.4 is 9.46 Å². The fourth-order valence-corrected chi connectivity index (χ4v) is 3.83. The molecule has 0 amide bonds. The van der Waals surface area contributed by atoms with E-state index in [1.165, 1.54) is 0 Å². The maximum absolute atomic E-state index is 12.4. The number of hydrogen-bond acceptors (Lipinski definition) is 4. The van der Waals surface area contributed by atoms with Crippen molar-refractivity contribution in [1.82, 2.24) is 14.3 Å². The Morgan fingerprint density at radius 1 is 1.07 bits per heavy atom. The largest absolute Gasteiger partial charge is 0.494 e. The Bertz CT molecular complexity index is 952. The minimum Gasteiger partial charge on any atom is -0.494 e. The third-order valence-corrected chi connectivity index (χ3v) is 5.54. The first-order valence-corrected chi connectivity index (χ1v) is 10.4. The van der Waals surface area contributed by atoms with Gasteiger partial charge in [0.05, 0.1) is 11.5 Å². The van der Waals surface area contributed by atoms with Crippen molar-refractivity contribution in [2.24, 2.45) is 0 Å². The van der Waals surface area contributed by atoms with E-state index in [1.807, 2.05) is 48.0 Å². The first-order chi connectivity index (χ1) is 13.1. The van der Waals surface area contributed by atoms with E-state index in [0.29, 0.717) is 31.9 Å². The summed E-state index contributed by atoms with van der Waals surface area (Å²) in [6, 6.07) is 16.4. The van der Waals surface area contributed by atoms with Crippen LogP contribution in [0.5, 0.6) is 5.75 Å². The standard InChI is InChI=1S/C20H23N3O3S/c1-2-26-18-9-11-19(12-10-18)27(24,25)22-13-6-15-23-16-14-21-20(23)17-7-4-3-5-8-17/h3-5,7-12,14,16,22H,2,6,13,15H2,1H3. The predicted molar refractivity (Wildman–Crippen MR) is 105 cm³/mol. The molecule has 0 unspecified atom stereocenters. The lowest BCUT2D eigenvalue weighted by Gasteiger charge is -2.10. The van der Waals surface area contributed by atoms with Crippen molar-refractivity contribution in [3.8, 4) is 17.1 Å². The van der Waals surface area contributed by atoms with Gasteiger partial charge in [0.15, 0.2) is 0 Å². The molecule has 6 nitrogen and oxygen atoms in total. The molecule has 3 aromatic rings. The van der Waals surface area contributed by atoms with E-state index in [1.54, 1.807) is 30.5 Å². The Morgan fingerprint density at radius 3 is 2.52 bits per heavy atom. The number of nitrogens with zero attached hydrogens (tertiary/aromatic N) is 2. The molecule has 3 rings (SSSR count). The SMILES string of the molecule is CCOc1ccc(S(=O)(=O)NCCCn2ccnc2-c2ccccc2)cc1. The van der Waals surface area contributed by atoms with Crippen LogP contribution in [0.2, 0.25) is 0 Å². The molecule has 27 heavy (non-hydrogen) atoms. The number of sulfonamides is 1. The number of aromatic nitrogens is 2. The van der Waals surface area contributed by atoms with Crippen molar-refractivity contribution in [3.05, 3.63) is 67.0 Å². The quantitative estimate of drug-likeness (QED) is 0.574. The fourth-order valence-electron chi connectivity index (χ4n) is 2.76. The van der Waals surface area contributed by atoms with Crippen molar-refractivity contribution >= 4 is 10.0 Å². The minimum absolute atomic E-state index is 0.235. The summed E-state index contributed by atoms with van der Waals surface area (Å²) in [6.07, 6.45) is 4.32. The van der Waals surface area contributed by atoms with E-state index < -0.39 is 10.0 Å². The summed E-state index contributed by atoms with van der Waals surface area (Å²) >= 11 is 0. The van der Waals surface area contributed by atoms with Crippen molar-refractivity contribution in [3.63, 3.8) is 0 Å². The Morgan fingerprint density at radius 2 is 1.81 bits per heavy atom. The first-order valence-electron chi connectivity index (χ1n) is 8.89. The third-order valence-electron chi connectivity index (χ3n) is 4.06. The molecule has 142 valence electrons. The molecule has 0 aliphatic rings. The van der Waals surface area contributed by atoms with Gasteiger partial charge in [0.25, 0.3) is 0 Å². The summed E-state index contributed by atoms with van der Waals surface area (Å²) in [5.41, 5.74) is 1.04. The zero-order valence-corrected chi connectivity index (χ0v) is 16.0. The normalized spacial score (nSPS) is 11.4. The second-order valence-electron chi connectivity index (χ2n) is 5.97. The van der Waals surface area contributed by atoms with E-state index >= 15 is 0 Å². The summed E-state index contributed by atoms with van der Waals surface area (Å²) in [5.74, 6) is 1.54. The molecule has 0 saturated heterocycles.